The van der Waals surface area contributed by atoms with Crippen LogP contribution in [0.3, 0.4) is 0 Å². The molecule has 3 nitrogen and oxygen atoms in total. The van der Waals surface area contributed by atoms with Gasteiger partial charge in [-0.05, 0) is 29.0 Å². The van der Waals surface area contributed by atoms with Crippen LogP contribution < -0.4 is 4.90 Å². The molecule has 0 spiro atoms. The summed E-state index contributed by atoms with van der Waals surface area (Å²) in [7, 11) is 0. The molecule has 0 bridgehead atoms. The zero-order valence-electron chi connectivity index (χ0n) is 8.63. The van der Waals surface area contributed by atoms with Gasteiger partial charge in [-0.25, -0.2) is 9.97 Å². The van der Waals surface area contributed by atoms with E-state index < -0.39 is 12.7 Å². The van der Waals surface area contributed by atoms with E-state index in [1.165, 1.54) is 17.4 Å². The molecule has 0 aliphatic heterocycles. The van der Waals surface area contributed by atoms with Gasteiger partial charge in [0, 0.05) is 12.7 Å². The van der Waals surface area contributed by atoms with Crippen LogP contribution in [-0.2, 0) is 0 Å². The molecule has 0 saturated carbocycles. The Kier molecular flexibility index (Phi) is 4.75. The van der Waals surface area contributed by atoms with Gasteiger partial charge < -0.3 is 4.90 Å². The van der Waals surface area contributed by atoms with E-state index in [1.807, 2.05) is 29.5 Å². The van der Waals surface area contributed by atoms with Gasteiger partial charge in [-0.1, -0.05) is 6.92 Å². The first kappa shape index (κ1) is 13.5. The number of aromatic nitrogens is 2. The molecule has 0 aliphatic rings. The molecule has 1 aromatic rings. The Hall–Kier alpha value is -0.600. The normalized spacial score (nSPS) is 11.6. The van der Waals surface area contributed by atoms with Gasteiger partial charge in [-0.3, -0.25) is 0 Å². The zero-order valence-corrected chi connectivity index (χ0v) is 10.8. The topological polar surface area (TPSA) is 29.0 Å². The molecule has 0 saturated heterocycles. The average molecular weight is 345 g/mol. The maximum atomic E-state index is 12.4. The number of nitrogens with zero attached hydrogens (tertiary/aromatic N) is 3. The summed E-state index contributed by atoms with van der Waals surface area (Å²) in [6, 6.07) is 0. The van der Waals surface area contributed by atoms with Gasteiger partial charge in [-0.15, -0.1) is 0 Å². The van der Waals surface area contributed by atoms with Crippen LogP contribution in [0.2, 0.25) is 0 Å². The Morgan fingerprint density at radius 2 is 2.12 bits per heavy atom. The van der Waals surface area contributed by atoms with E-state index in [2.05, 4.69) is 9.97 Å². The summed E-state index contributed by atoms with van der Waals surface area (Å²) < 4.78 is 37.7. The molecular weight excluding hydrogens is 334 g/mol. The van der Waals surface area contributed by atoms with Crippen molar-refractivity contribution in [1.29, 1.82) is 0 Å². The maximum Gasteiger partial charge on any atom is 0.405 e. The van der Waals surface area contributed by atoms with Crippen molar-refractivity contribution < 1.29 is 13.2 Å². The van der Waals surface area contributed by atoms with E-state index >= 15 is 0 Å². The van der Waals surface area contributed by atoms with E-state index in [0.29, 0.717) is 22.4 Å². The fourth-order valence-corrected chi connectivity index (χ4v) is 1.93. The second-order valence-corrected chi connectivity index (χ2v) is 4.39. The maximum absolute atomic E-state index is 12.4. The van der Waals surface area contributed by atoms with Gasteiger partial charge >= 0.3 is 6.18 Å². The first-order valence-electron chi connectivity index (χ1n) is 4.71. The highest BCUT2D eigenvalue weighted by Crippen LogP contribution is 2.23. The lowest BCUT2D eigenvalue weighted by molar-refractivity contribution is -0.119. The van der Waals surface area contributed by atoms with Crippen molar-refractivity contribution in [3.8, 4) is 0 Å². The Morgan fingerprint density at radius 3 is 2.62 bits per heavy atom. The van der Waals surface area contributed by atoms with E-state index in [9.17, 15) is 13.2 Å². The fraction of sp³-hybridized carbons (Fsp3) is 0.556. The van der Waals surface area contributed by atoms with Gasteiger partial charge in [0.05, 0.1) is 3.57 Å². The quantitative estimate of drug-likeness (QED) is 0.786. The Balaban J connectivity index is 2.89. The van der Waals surface area contributed by atoms with Crippen LogP contribution in [0.5, 0.6) is 0 Å². The van der Waals surface area contributed by atoms with Crippen molar-refractivity contribution in [3.63, 3.8) is 0 Å². The van der Waals surface area contributed by atoms with Gasteiger partial charge in [0.15, 0.2) is 0 Å². The molecule has 1 rings (SSSR count). The van der Waals surface area contributed by atoms with Crippen molar-refractivity contribution in [1.82, 2.24) is 9.97 Å². The summed E-state index contributed by atoms with van der Waals surface area (Å²) in [5.74, 6) is 0.342. The first-order chi connectivity index (χ1) is 7.44. The van der Waals surface area contributed by atoms with Gasteiger partial charge in [0.25, 0.3) is 0 Å². The molecule has 0 aliphatic carbocycles. The lowest BCUT2D eigenvalue weighted by Gasteiger charge is -2.24. The summed E-state index contributed by atoms with van der Waals surface area (Å²) in [5.41, 5.74) is 0. The Morgan fingerprint density at radius 1 is 1.44 bits per heavy atom. The highest BCUT2D eigenvalue weighted by Gasteiger charge is 2.31. The predicted molar refractivity (Wildman–Crippen MR) is 63.3 cm³/mol. The van der Waals surface area contributed by atoms with Gasteiger partial charge in [0.2, 0.25) is 0 Å². The van der Waals surface area contributed by atoms with Crippen molar-refractivity contribution in [2.24, 2.45) is 0 Å². The van der Waals surface area contributed by atoms with Crippen LogP contribution in [-0.4, -0.2) is 29.2 Å². The summed E-state index contributed by atoms with van der Waals surface area (Å²) in [4.78, 5) is 8.87. The summed E-state index contributed by atoms with van der Waals surface area (Å²) >= 11 is 1.93. The van der Waals surface area contributed by atoms with Crippen LogP contribution >= 0.6 is 22.6 Å². The molecule has 0 fully saturated rings. The Labute approximate surface area is 105 Å². The predicted octanol–water partition coefficient (Wildman–Crippen LogP) is 2.86. The second kappa shape index (κ2) is 5.65. The van der Waals surface area contributed by atoms with E-state index in [1.54, 1.807) is 0 Å². The van der Waals surface area contributed by atoms with Crippen LogP contribution in [0.15, 0.2) is 12.5 Å². The molecule has 16 heavy (non-hydrogen) atoms. The van der Waals surface area contributed by atoms with Crippen LogP contribution in [0.25, 0.3) is 0 Å². The smallest absolute Gasteiger partial charge is 0.347 e. The Bertz CT molecular complexity index is 343. The number of alkyl halides is 3. The zero-order chi connectivity index (χ0) is 12.2. The molecule has 0 aromatic carbocycles. The molecule has 0 N–H and O–H groups in total. The molecule has 0 radical (unpaired) electrons. The lowest BCUT2D eigenvalue weighted by Crippen LogP contribution is -2.36. The molecule has 1 heterocycles. The second-order valence-electron chi connectivity index (χ2n) is 3.23. The third kappa shape index (κ3) is 4.11. The van der Waals surface area contributed by atoms with Crippen molar-refractivity contribution >= 4 is 28.4 Å². The average Bonchev–Trinajstić information content (AvgIpc) is 2.16. The highest BCUT2D eigenvalue weighted by molar-refractivity contribution is 14.1. The third-order valence-electron chi connectivity index (χ3n) is 1.81. The van der Waals surface area contributed by atoms with Crippen LogP contribution in [0.1, 0.15) is 13.3 Å². The molecule has 7 heteroatoms. The monoisotopic (exact) mass is 345 g/mol. The standard InChI is InChI=1S/C9H11F3IN3/c1-2-3-16(5-9(10,11)12)8-7(13)4-14-6-15-8/h4,6H,2-3,5H2,1H3. The number of hydrogen-bond acceptors (Lipinski definition) is 3. The molecule has 1 aromatic heterocycles. The van der Waals surface area contributed by atoms with Crippen LogP contribution in [0, 0.1) is 3.57 Å². The highest BCUT2D eigenvalue weighted by atomic mass is 127. The van der Waals surface area contributed by atoms with Gasteiger partial charge in [0.1, 0.15) is 18.7 Å². The number of rotatable bonds is 4. The minimum atomic E-state index is -4.22. The molecule has 90 valence electrons. The number of halogens is 4. The van der Waals surface area contributed by atoms with Crippen molar-refractivity contribution in [2.75, 3.05) is 18.0 Å². The summed E-state index contributed by atoms with van der Waals surface area (Å²) in [5, 5.41) is 0. The minimum Gasteiger partial charge on any atom is -0.347 e. The third-order valence-corrected chi connectivity index (χ3v) is 2.57. The summed E-state index contributed by atoms with van der Waals surface area (Å²) in [6.07, 6.45) is -0.822. The minimum absolute atomic E-state index is 0.326. The van der Waals surface area contributed by atoms with E-state index in [4.69, 9.17) is 0 Å². The number of hydrogen-bond donors (Lipinski definition) is 0. The largest absolute Gasteiger partial charge is 0.405 e. The first-order valence-corrected chi connectivity index (χ1v) is 5.79. The van der Waals surface area contributed by atoms with Crippen molar-refractivity contribution in [3.05, 3.63) is 16.1 Å². The molecule has 0 atom stereocenters. The fourth-order valence-electron chi connectivity index (χ4n) is 1.29. The lowest BCUT2D eigenvalue weighted by atomic mass is 10.4. The van der Waals surface area contributed by atoms with Crippen LogP contribution in [0.4, 0.5) is 19.0 Å². The van der Waals surface area contributed by atoms with E-state index in [0.717, 1.165) is 0 Å². The number of anilines is 1. The van der Waals surface area contributed by atoms with Gasteiger partial charge in [-0.2, -0.15) is 13.2 Å². The van der Waals surface area contributed by atoms with Crippen molar-refractivity contribution in [2.45, 2.75) is 19.5 Å². The SMILES string of the molecule is CCCN(CC(F)(F)F)c1ncncc1I. The van der Waals surface area contributed by atoms with E-state index in [-0.39, 0.29) is 0 Å². The summed E-state index contributed by atoms with van der Waals surface area (Å²) in [6.45, 7) is 1.18. The molecule has 0 amide bonds. The molecule has 0 unspecified atom stereocenters. The molecular formula is C9H11F3IN3.